The van der Waals surface area contributed by atoms with Crippen LogP contribution in [0.15, 0.2) is 59.0 Å². The number of nitro benzene ring substituents is 1. The molecule has 0 aliphatic rings. The second-order valence-electron chi connectivity index (χ2n) is 5.99. The van der Waals surface area contributed by atoms with Gasteiger partial charge in [-0.25, -0.2) is 0 Å². The Morgan fingerprint density at radius 1 is 1.18 bits per heavy atom. The molecule has 144 valence electrons. The molecule has 0 saturated carbocycles. The van der Waals surface area contributed by atoms with Crippen molar-refractivity contribution < 1.29 is 24.0 Å². The van der Waals surface area contributed by atoms with Crippen LogP contribution in [0.1, 0.15) is 11.3 Å². The van der Waals surface area contributed by atoms with Gasteiger partial charge in [0, 0.05) is 23.9 Å². The van der Waals surface area contributed by atoms with Crippen molar-refractivity contribution in [3.63, 3.8) is 0 Å². The fourth-order valence-corrected chi connectivity index (χ4v) is 2.71. The van der Waals surface area contributed by atoms with Gasteiger partial charge in [0.15, 0.2) is 0 Å². The molecule has 1 amide bonds. The second kappa shape index (κ2) is 8.36. The summed E-state index contributed by atoms with van der Waals surface area (Å²) in [5.74, 6) is 1.23. The molecule has 2 N–H and O–H groups in total. The maximum absolute atomic E-state index is 12.3. The Morgan fingerprint density at radius 2 is 1.93 bits per heavy atom. The molecular formula is C20H18N2O6. The number of anilines is 1. The molecule has 1 aromatic heterocycles. The van der Waals surface area contributed by atoms with Crippen LogP contribution in [0.2, 0.25) is 0 Å². The van der Waals surface area contributed by atoms with Crippen molar-refractivity contribution in [1.82, 2.24) is 0 Å². The first kappa shape index (κ1) is 19.1. The van der Waals surface area contributed by atoms with E-state index < -0.39 is 4.92 Å². The molecule has 28 heavy (non-hydrogen) atoms. The van der Waals surface area contributed by atoms with E-state index in [4.69, 9.17) is 14.3 Å². The first-order chi connectivity index (χ1) is 13.5. The van der Waals surface area contributed by atoms with E-state index in [2.05, 4.69) is 5.32 Å². The van der Waals surface area contributed by atoms with Crippen LogP contribution >= 0.6 is 0 Å². The number of nitrogens with zero attached hydrogens (tertiary/aromatic N) is 1. The zero-order valence-corrected chi connectivity index (χ0v) is 15.0. The molecule has 0 radical (unpaired) electrons. The predicted molar refractivity (Wildman–Crippen MR) is 102 cm³/mol. The number of carbonyl (C=O) groups is 1. The van der Waals surface area contributed by atoms with E-state index in [1.165, 1.54) is 19.2 Å². The number of non-ortho nitro benzene ring substituents is 1. The lowest BCUT2D eigenvalue weighted by Gasteiger charge is -2.10. The fraction of sp³-hybridized carbons (Fsp3) is 0.150. The van der Waals surface area contributed by atoms with Crippen molar-refractivity contribution in [3.8, 4) is 17.1 Å². The normalized spacial score (nSPS) is 10.5. The lowest BCUT2D eigenvalue weighted by atomic mass is 10.1. The first-order valence-electron chi connectivity index (χ1n) is 8.41. The average Bonchev–Trinajstić information content (AvgIpc) is 3.17. The van der Waals surface area contributed by atoms with E-state index in [9.17, 15) is 14.9 Å². The smallest absolute Gasteiger partial charge is 0.269 e. The summed E-state index contributed by atoms with van der Waals surface area (Å²) in [6.07, 6.45) is 0.0834. The van der Waals surface area contributed by atoms with E-state index in [0.717, 1.165) is 0 Å². The quantitative estimate of drug-likeness (QED) is 0.477. The molecule has 8 heteroatoms. The molecule has 3 rings (SSSR count). The van der Waals surface area contributed by atoms with Gasteiger partial charge in [0.2, 0.25) is 5.91 Å². The first-order valence-corrected chi connectivity index (χ1v) is 8.41. The predicted octanol–water partition coefficient (Wildman–Crippen LogP) is 3.54. The highest BCUT2D eigenvalue weighted by atomic mass is 16.6. The van der Waals surface area contributed by atoms with Gasteiger partial charge in [-0.15, -0.1) is 0 Å². The summed E-state index contributed by atoms with van der Waals surface area (Å²) in [7, 11) is 1.51. The third kappa shape index (κ3) is 4.36. The Bertz CT molecular complexity index is 994. The maximum atomic E-state index is 12.3. The van der Waals surface area contributed by atoms with Gasteiger partial charge in [0.05, 0.1) is 24.0 Å². The maximum Gasteiger partial charge on any atom is 0.269 e. The molecule has 0 saturated heterocycles. The number of nitro groups is 1. The Balaban J connectivity index is 1.71. The van der Waals surface area contributed by atoms with E-state index >= 15 is 0 Å². The summed E-state index contributed by atoms with van der Waals surface area (Å²) in [5.41, 5.74) is 1.88. The lowest BCUT2D eigenvalue weighted by molar-refractivity contribution is -0.384. The summed E-state index contributed by atoms with van der Waals surface area (Å²) >= 11 is 0. The van der Waals surface area contributed by atoms with Gasteiger partial charge in [0.25, 0.3) is 5.69 Å². The van der Waals surface area contributed by atoms with Crippen LogP contribution in [-0.2, 0) is 17.8 Å². The van der Waals surface area contributed by atoms with Crippen LogP contribution in [0.5, 0.6) is 5.75 Å². The van der Waals surface area contributed by atoms with Gasteiger partial charge in [-0.1, -0.05) is 12.1 Å². The summed E-state index contributed by atoms with van der Waals surface area (Å²) in [4.78, 5) is 22.5. The minimum absolute atomic E-state index is 0.0215. The zero-order chi connectivity index (χ0) is 20.1. The number of methoxy groups -OCH3 is 1. The van der Waals surface area contributed by atoms with E-state index in [-0.39, 0.29) is 24.6 Å². The standard InChI is InChI=1S/C20H18N2O6/c1-27-19-11-14(4-8-17(19)18-9-7-16(12-23)28-18)21-20(24)10-13-2-5-15(6-3-13)22(25)26/h2-9,11,23H,10,12H2,1H3,(H,21,24). The number of hydrogen-bond donors (Lipinski definition) is 2. The largest absolute Gasteiger partial charge is 0.496 e. The number of carbonyl (C=O) groups excluding carboxylic acids is 1. The number of nitrogens with one attached hydrogen (secondary N) is 1. The van der Waals surface area contributed by atoms with Crippen LogP contribution < -0.4 is 10.1 Å². The number of rotatable bonds is 7. The fourth-order valence-electron chi connectivity index (χ4n) is 2.71. The molecule has 8 nitrogen and oxygen atoms in total. The Morgan fingerprint density at radius 3 is 2.54 bits per heavy atom. The molecule has 0 unspecified atom stereocenters. The van der Waals surface area contributed by atoms with Crippen LogP contribution in [0.25, 0.3) is 11.3 Å². The van der Waals surface area contributed by atoms with E-state index in [1.807, 2.05) is 0 Å². The highest BCUT2D eigenvalue weighted by molar-refractivity contribution is 5.93. The Hall–Kier alpha value is -3.65. The van der Waals surface area contributed by atoms with Crippen molar-refractivity contribution in [2.45, 2.75) is 13.0 Å². The molecule has 0 atom stereocenters. The molecule has 0 fully saturated rings. The highest BCUT2D eigenvalue weighted by Gasteiger charge is 2.13. The topological polar surface area (TPSA) is 115 Å². The summed E-state index contributed by atoms with van der Waals surface area (Å²) in [5, 5.41) is 22.6. The molecular weight excluding hydrogens is 364 g/mol. The molecule has 2 aromatic carbocycles. The van der Waals surface area contributed by atoms with Crippen molar-refractivity contribution >= 4 is 17.3 Å². The molecule has 3 aromatic rings. The number of hydrogen-bond acceptors (Lipinski definition) is 6. The summed E-state index contributed by atoms with van der Waals surface area (Å²) in [6, 6.07) is 14.4. The zero-order valence-electron chi connectivity index (χ0n) is 15.0. The number of ether oxygens (including phenoxy) is 1. The molecule has 0 aliphatic heterocycles. The van der Waals surface area contributed by atoms with Gasteiger partial charge in [-0.05, 0) is 29.8 Å². The number of aliphatic hydroxyl groups is 1. The third-order valence-corrected chi connectivity index (χ3v) is 4.08. The minimum Gasteiger partial charge on any atom is -0.496 e. The monoisotopic (exact) mass is 382 g/mol. The number of aliphatic hydroxyl groups excluding tert-OH is 1. The summed E-state index contributed by atoms with van der Waals surface area (Å²) < 4.78 is 10.9. The van der Waals surface area contributed by atoms with Crippen LogP contribution in [0, 0.1) is 10.1 Å². The molecule has 0 spiro atoms. The number of furan rings is 1. The average molecular weight is 382 g/mol. The van der Waals surface area contributed by atoms with E-state index in [1.54, 1.807) is 42.5 Å². The van der Waals surface area contributed by atoms with Crippen LogP contribution in [0.3, 0.4) is 0 Å². The van der Waals surface area contributed by atoms with Crippen molar-refractivity contribution in [1.29, 1.82) is 0 Å². The highest BCUT2D eigenvalue weighted by Crippen LogP contribution is 2.33. The molecule has 0 aliphatic carbocycles. The van der Waals surface area contributed by atoms with Gasteiger partial charge in [-0.3, -0.25) is 14.9 Å². The van der Waals surface area contributed by atoms with Crippen molar-refractivity contribution in [2.24, 2.45) is 0 Å². The van der Waals surface area contributed by atoms with Crippen LogP contribution in [0.4, 0.5) is 11.4 Å². The van der Waals surface area contributed by atoms with Gasteiger partial charge in [0.1, 0.15) is 23.9 Å². The lowest BCUT2D eigenvalue weighted by Crippen LogP contribution is -2.14. The van der Waals surface area contributed by atoms with Crippen LogP contribution in [-0.4, -0.2) is 23.0 Å². The summed E-state index contributed by atoms with van der Waals surface area (Å²) in [6.45, 7) is -0.195. The SMILES string of the molecule is COc1cc(NC(=O)Cc2ccc([N+](=O)[O-])cc2)ccc1-c1ccc(CO)o1. The Labute approximate surface area is 160 Å². The van der Waals surface area contributed by atoms with Crippen molar-refractivity contribution in [2.75, 3.05) is 12.4 Å². The molecule has 1 heterocycles. The molecule has 0 bridgehead atoms. The minimum atomic E-state index is -0.486. The van der Waals surface area contributed by atoms with E-state index in [0.29, 0.717) is 34.1 Å². The Kier molecular flexibility index (Phi) is 5.71. The van der Waals surface area contributed by atoms with Gasteiger partial charge >= 0.3 is 0 Å². The third-order valence-electron chi connectivity index (χ3n) is 4.08. The number of amides is 1. The van der Waals surface area contributed by atoms with Gasteiger partial charge < -0.3 is 19.6 Å². The van der Waals surface area contributed by atoms with Gasteiger partial charge in [-0.2, -0.15) is 0 Å². The second-order valence-corrected chi connectivity index (χ2v) is 5.99. The number of benzene rings is 2. The van der Waals surface area contributed by atoms with Crippen molar-refractivity contribution in [3.05, 3.63) is 76.0 Å².